The van der Waals surface area contributed by atoms with Gasteiger partial charge in [0.15, 0.2) is 5.82 Å². The van der Waals surface area contributed by atoms with Crippen molar-refractivity contribution < 1.29 is 13.9 Å². The lowest BCUT2D eigenvalue weighted by atomic mass is 9.86. The average molecular weight is 484 g/mol. The minimum absolute atomic E-state index is 0.119. The maximum atomic E-state index is 13.5. The van der Waals surface area contributed by atoms with E-state index < -0.39 is 0 Å². The van der Waals surface area contributed by atoms with E-state index in [9.17, 15) is 4.79 Å². The summed E-state index contributed by atoms with van der Waals surface area (Å²) in [5.74, 6) is 2.15. The molecular formula is C28H29N5O3. The summed E-state index contributed by atoms with van der Waals surface area (Å²) in [7, 11) is 1.64. The zero-order chi connectivity index (χ0) is 24.9. The molecule has 4 aromatic rings. The minimum Gasteiger partial charge on any atom is -0.496 e. The molecule has 2 aliphatic rings. The second kappa shape index (κ2) is 8.62. The zero-order valence-corrected chi connectivity index (χ0v) is 20.7. The van der Waals surface area contributed by atoms with Gasteiger partial charge in [-0.1, -0.05) is 0 Å². The number of rotatable bonds is 4. The van der Waals surface area contributed by atoms with Crippen LogP contribution in [0.3, 0.4) is 0 Å². The van der Waals surface area contributed by atoms with E-state index >= 15 is 0 Å². The summed E-state index contributed by atoms with van der Waals surface area (Å²) in [4.78, 5) is 29.2. The van der Waals surface area contributed by atoms with Crippen LogP contribution in [0.15, 0.2) is 53.4 Å². The Morgan fingerprint density at radius 2 is 2.06 bits per heavy atom. The van der Waals surface area contributed by atoms with Crippen LogP contribution in [0, 0.1) is 6.92 Å². The van der Waals surface area contributed by atoms with Crippen molar-refractivity contribution >= 4 is 22.7 Å². The Kier molecular flexibility index (Phi) is 5.39. The molecule has 5 heterocycles. The van der Waals surface area contributed by atoms with Crippen molar-refractivity contribution in [1.82, 2.24) is 19.9 Å². The highest BCUT2D eigenvalue weighted by atomic mass is 16.5. The quantitative estimate of drug-likeness (QED) is 0.448. The van der Waals surface area contributed by atoms with Gasteiger partial charge in [0.25, 0.3) is 0 Å². The second-order valence-corrected chi connectivity index (χ2v) is 9.89. The molecule has 0 bridgehead atoms. The van der Waals surface area contributed by atoms with Crippen LogP contribution in [-0.2, 0) is 11.2 Å². The third-order valence-corrected chi connectivity index (χ3v) is 7.67. The van der Waals surface area contributed by atoms with Crippen LogP contribution in [0.1, 0.15) is 42.5 Å². The number of ether oxygens (including phenoxy) is 1. The molecule has 8 nitrogen and oxygen atoms in total. The summed E-state index contributed by atoms with van der Waals surface area (Å²) < 4.78 is 11.1. The molecule has 2 aliphatic heterocycles. The van der Waals surface area contributed by atoms with Crippen molar-refractivity contribution in [2.24, 2.45) is 0 Å². The number of methoxy groups -OCH3 is 1. The van der Waals surface area contributed by atoms with Crippen molar-refractivity contribution in [2.45, 2.75) is 44.6 Å². The van der Waals surface area contributed by atoms with E-state index in [0.717, 1.165) is 65.2 Å². The number of aromatic nitrogens is 3. The monoisotopic (exact) mass is 483 g/mol. The van der Waals surface area contributed by atoms with Crippen molar-refractivity contribution in [1.29, 1.82) is 0 Å². The molecular weight excluding hydrogens is 454 g/mol. The van der Waals surface area contributed by atoms with Crippen LogP contribution in [0.5, 0.6) is 5.75 Å². The lowest BCUT2D eigenvalue weighted by molar-refractivity contribution is -0.131. The van der Waals surface area contributed by atoms with Crippen molar-refractivity contribution in [3.8, 4) is 17.1 Å². The van der Waals surface area contributed by atoms with Gasteiger partial charge in [0.2, 0.25) is 5.91 Å². The number of hydrogen-bond donors (Lipinski definition) is 1. The number of aryl methyl sites for hydroxylation is 2. The number of anilines is 1. The predicted octanol–water partition coefficient (Wildman–Crippen LogP) is 4.73. The SMILES string of the molecule is COc1cc(C(C)C(=O)N2CC[C@@]3(CCc4cc(-c5ncccn5)c(C)nc4N3)C2)cc2occc12. The summed E-state index contributed by atoms with van der Waals surface area (Å²) >= 11 is 0. The van der Waals surface area contributed by atoms with Gasteiger partial charge in [-0.15, -0.1) is 0 Å². The molecule has 0 aliphatic carbocycles. The molecule has 8 heteroatoms. The molecule has 1 spiro atoms. The number of likely N-dealkylation sites (tertiary alicyclic amines) is 1. The highest BCUT2D eigenvalue weighted by Gasteiger charge is 2.43. The topological polar surface area (TPSA) is 93.4 Å². The van der Waals surface area contributed by atoms with Crippen LogP contribution >= 0.6 is 0 Å². The van der Waals surface area contributed by atoms with Crippen LogP contribution in [0.25, 0.3) is 22.4 Å². The normalized spacial score (nSPS) is 19.8. The Hall–Kier alpha value is -3.94. The molecule has 2 atom stereocenters. The first-order valence-electron chi connectivity index (χ1n) is 12.4. The van der Waals surface area contributed by atoms with Gasteiger partial charge in [-0.2, -0.15) is 0 Å². The number of furan rings is 1. The Bertz CT molecular complexity index is 1450. The van der Waals surface area contributed by atoms with Gasteiger partial charge in [-0.3, -0.25) is 4.79 Å². The minimum atomic E-state index is -0.298. The number of benzene rings is 1. The maximum Gasteiger partial charge on any atom is 0.229 e. The number of carbonyl (C=O) groups is 1. The van der Waals surface area contributed by atoms with Gasteiger partial charge < -0.3 is 19.4 Å². The summed E-state index contributed by atoms with van der Waals surface area (Å²) in [6.45, 7) is 5.34. The molecule has 36 heavy (non-hydrogen) atoms. The number of nitrogens with one attached hydrogen (secondary N) is 1. The van der Waals surface area contributed by atoms with Crippen molar-refractivity contribution in [2.75, 3.05) is 25.5 Å². The zero-order valence-electron chi connectivity index (χ0n) is 20.7. The Morgan fingerprint density at radius 1 is 1.22 bits per heavy atom. The Morgan fingerprint density at radius 3 is 2.86 bits per heavy atom. The van der Waals surface area contributed by atoms with Crippen LogP contribution in [0.4, 0.5) is 5.82 Å². The molecule has 3 aromatic heterocycles. The average Bonchev–Trinajstić information content (AvgIpc) is 3.55. The molecule has 1 N–H and O–H groups in total. The van der Waals surface area contributed by atoms with E-state index in [1.165, 1.54) is 5.56 Å². The van der Waals surface area contributed by atoms with Gasteiger partial charge in [0.05, 0.1) is 35.9 Å². The maximum absolute atomic E-state index is 13.5. The molecule has 1 aromatic carbocycles. The van der Waals surface area contributed by atoms with Crippen LogP contribution in [-0.4, -0.2) is 51.5 Å². The smallest absolute Gasteiger partial charge is 0.229 e. The summed E-state index contributed by atoms with van der Waals surface area (Å²) in [5, 5.41) is 4.63. The van der Waals surface area contributed by atoms with E-state index in [2.05, 4.69) is 21.4 Å². The van der Waals surface area contributed by atoms with E-state index in [-0.39, 0.29) is 17.4 Å². The van der Waals surface area contributed by atoms with Crippen LogP contribution in [0.2, 0.25) is 0 Å². The third-order valence-electron chi connectivity index (χ3n) is 7.67. The van der Waals surface area contributed by atoms with Gasteiger partial charge in [-0.05, 0) is 74.6 Å². The number of amides is 1. The van der Waals surface area contributed by atoms with Crippen molar-refractivity contribution in [3.05, 3.63) is 65.8 Å². The molecule has 184 valence electrons. The third kappa shape index (κ3) is 3.77. The number of fused-ring (bicyclic) bond motifs is 2. The summed E-state index contributed by atoms with van der Waals surface area (Å²) in [5.41, 5.74) is 4.50. The first-order valence-corrected chi connectivity index (χ1v) is 12.4. The number of carbonyl (C=O) groups excluding carboxylic acids is 1. The fourth-order valence-corrected chi connectivity index (χ4v) is 5.56. The number of nitrogens with zero attached hydrogens (tertiary/aromatic N) is 4. The van der Waals surface area contributed by atoms with E-state index in [1.807, 2.05) is 43.0 Å². The largest absolute Gasteiger partial charge is 0.496 e. The molecule has 1 unspecified atom stereocenters. The predicted molar refractivity (Wildman–Crippen MR) is 137 cm³/mol. The Labute approximate surface area is 209 Å². The van der Waals surface area contributed by atoms with Crippen LogP contribution < -0.4 is 10.1 Å². The first kappa shape index (κ1) is 22.5. The van der Waals surface area contributed by atoms with E-state index in [0.29, 0.717) is 12.4 Å². The van der Waals surface area contributed by atoms with Gasteiger partial charge >= 0.3 is 0 Å². The van der Waals surface area contributed by atoms with Crippen molar-refractivity contribution in [3.63, 3.8) is 0 Å². The molecule has 1 fully saturated rings. The highest BCUT2D eigenvalue weighted by molar-refractivity contribution is 5.89. The Balaban J connectivity index is 1.20. The first-order chi connectivity index (χ1) is 17.5. The molecule has 0 radical (unpaired) electrons. The standard InChI is InChI=1S/C28H29N5O3/c1-17(20-14-23(35-3)21-6-12-36-24(21)15-20)27(34)33-11-8-28(16-33)7-5-19-13-22(18(2)31-25(19)32-28)26-29-9-4-10-30-26/h4,6,9-10,12-15,17H,5,7-8,11,16H2,1-3H3,(H,31,32)/t17?,28-/m0/s1. The lowest BCUT2D eigenvalue weighted by Gasteiger charge is -2.36. The molecule has 1 saturated heterocycles. The lowest BCUT2D eigenvalue weighted by Crippen LogP contribution is -2.46. The molecule has 6 rings (SSSR count). The van der Waals surface area contributed by atoms with Gasteiger partial charge in [0, 0.05) is 31.0 Å². The highest BCUT2D eigenvalue weighted by Crippen LogP contribution is 2.39. The fourth-order valence-electron chi connectivity index (χ4n) is 5.56. The molecule has 1 amide bonds. The second-order valence-electron chi connectivity index (χ2n) is 9.89. The summed E-state index contributed by atoms with van der Waals surface area (Å²) in [6, 6.07) is 9.75. The molecule has 0 saturated carbocycles. The number of pyridine rings is 1. The van der Waals surface area contributed by atoms with Gasteiger partial charge in [0.1, 0.15) is 17.2 Å². The summed E-state index contributed by atoms with van der Waals surface area (Å²) in [6.07, 6.45) is 7.90. The number of hydrogen-bond acceptors (Lipinski definition) is 7. The van der Waals surface area contributed by atoms with Gasteiger partial charge in [-0.25, -0.2) is 15.0 Å². The van der Waals surface area contributed by atoms with E-state index in [4.69, 9.17) is 14.1 Å². The fraction of sp³-hybridized carbons (Fsp3) is 0.357. The van der Waals surface area contributed by atoms with E-state index in [1.54, 1.807) is 25.8 Å².